The highest BCUT2D eigenvalue weighted by molar-refractivity contribution is 5.87. The summed E-state index contributed by atoms with van der Waals surface area (Å²) in [6, 6.07) is 12.2. The first-order chi connectivity index (χ1) is 8.36. The van der Waals surface area contributed by atoms with E-state index < -0.39 is 0 Å². The molecule has 0 saturated heterocycles. The molecule has 4 nitrogen and oxygen atoms in total. The predicted molar refractivity (Wildman–Crippen MR) is 65.9 cm³/mol. The third kappa shape index (κ3) is 1.73. The lowest BCUT2D eigenvalue weighted by molar-refractivity contribution is 0.415. The van der Waals surface area contributed by atoms with E-state index in [9.17, 15) is 0 Å². The Morgan fingerprint density at radius 1 is 1.06 bits per heavy atom. The van der Waals surface area contributed by atoms with Crippen molar-refractivity contribution in [3.8, 4) is 17.0 Å². The second-order valence-corrected chi connectivity index (χ2v) is 3.78. The summed E-state index contributed by atoms with van der Waals surface area (Å²) in [7, 11) is 1.67. The molecule has 0 aliphatic carbocycles. The molecule has 0 aliphatic heterocycles. The molecule has 0 fully saturated rings. The number of aromatic amines is 1. The zero-order chi connectivity index (χ0) is 11.7. The van der Waals surface area contributed by atoms with Crippen molar-refractivity contribution in [3.05, 3.63) is 42.6 Å². The van der Waals surface area contributed by atoms with Crippen molar-refractivity contribution in [2.75, 3.05) is 7.11 Å². The maximum absolute atomic E-state index is 5.20. The maximum atomic E-state index is 5.20. The molecule has 1 heterocycles. The number of nitrogens with one attached hydrogen (secondary N) is 1. The van der Waals surface area contributed by atoms with Gasteiger partial charge in [-0.05, 0) is 29.0 Å². The van der Waals surface area contributed by atoms with E-state index in [2.05, 4.69) is 27.5 Å². The molecule has 0 spiro atoms. The van der Waals surface area contributed by atoms with Crippen molar-refractivity contribution in [2.45, 2.75) is 0 Å². The van der Waals surface area contributed by atoms with Crippen molar-refractivity contribution in [1.29, 1.82) is 0 Å². The van der Waals surface area contributed by atoms with Gasteiger partial charge in [-0.2, -0.15) is 15.4 Å². The summed E-state index contributed by atoms with van der Waals surface area (Å²) in [5.41, 5.74) is 1.90. The van der Waals surface area contributed by atoms with Gasteiger partial charge >= 0.3 is 0 Å². The second kappa shape index (κ2) is 3.90. The molecule has 3 rings (SSSR count). The zero-order valence-electron chi connectivity index (χ0n) is 9.34. The molecular weight excluding hydrogens is 214 g/mol. The Morgan fingerprint density at radius 3 is 2.65 bits per heavy atom. The quantitative estimate of drug-likeness (QED) is 0.729. The largest absolute Gasteiger partial charge is 0.497 e. The molecule has 4 heteroatoms. The van der Waals surface area contributed by atoms with Gasteiger partial charge in [0.25, 0.3) is 0 Å². The Hall–Kier alpha value is -2.36. The highest BCUT2D eigenvalue weighted by Gasteiger charge is 2.02. The van der Waals surface area contributed by atoms with Crippen LogP contribution in [0.1, 0.15) is 0 Å². The first kappa shape index (κ1) is 9.84. The SMILES string of the molecule is COc1ccc2cc(-c3cn[nH]n3)ccc2c1. The van der Waals surface area contributed by atoms with E-state index in [4.69, 9.17) is 4.74 Å². The van der Waals surface area contributed by atoms with Gasteiger partial charge in [-0.15, -0.1) is 0 Å². The fourth-order valence-electron chi connectivity index (χ4n) is 1.85. The average molecular weight is 225 g/mol. The van der Waals surface area contributed by atoms with E-state index in [1.165, 1.54) is 0 Å². The molecule has 0 aliphatic rings. The number of aromatic nitrogens is 3. The summed E-state index contributed by atoms with van der Waals surface area (Å²) < 4.78 is 5.20. The molecule has 0 bridgehead atoms. The molecule has 2 aromatic carbocycles. The monoisotopic (exact) mass is 225 g/mol. The Bertz CT molecular complexity index is 647. The van der Waals surface area contributed by atoms with Crippen LogP contribution < -0.4 is 4.74 Å². The maximum Gasteiger partial charge on any atom is 0.119 e. The highest BCUT2D eigenvalue weighted by atomic mass is 16.5. The lowest BCUT2D eigenvalue weighted by Crippen LogP contribution is -1.83. The summed E-state index contributed by atoms with van der Waals surface area (Å²) in [5, 5.41) is 12.8. The standard InChI is InChI=1S/C13H11N3O/c1-17-12-5-4-9-6-11(3-2-10(9)7-12)13-8-14-16-15-13/h2-8H,1H3,(H,14,15,16). The normalized spacial score (nSPS) is 10.6. The van der Waals surface area contributed by atoms with Crippen LogP contribution >= 0.6 is 0 Å². The van der Waals surface area contributed by atoms with Crippen LogP contribution in [0.5, 0.6) is 5.75 Å². The molecule has 0 saturated carbocycles. The van der Waals surface area contributed by atoms with Crippen LogP contribution in [0.4, 0.5) is 0 Å². The fraction of sp³-hybridized carbons (Fsp3) is 0.0769. The first-order valence-electron chi connectivity index (χ1n) is 5.31. The highest BCUT2D eigenvalue weighted by Crippen LogP contribution is 2.25. The Labute approximate surface area is 98.2 Å². The minimum Gasteiger partial charge on any atom is -0.497 e. The van der Waals surface area contributed by atoms with E-state index >= 15 is 0 Å². The lowest BCUT2D eigenvalue weighted by atomic mass is 10.1. The Morgan fingerprint density at radius 2 is 1.88 bits per heavy atom. The smallest absolute Gasteiger partial charge is 0.119 e. The third-order valence-electron chi connectivity index (χ3n) is 2.76. The number of nitrogens with zero attached hydrogens (tertiary/aromatic N) is 2. The van der Waals surface area contributed by atoms with Gasteiger partial charge in [-0.3, -0.25) is 0 Å². The van der Waals surface area contributed by atoms with Gasteiger partial charge in [0, 0.05) is 5.56 Å². The predicted octanol–water partition coefficient (Wildman–Crippen LogP) is 2.63. The van der Waals surface area contributed by atoms with Crippen LogP contribution in [0.2, 0.25) is 0 Å². The minimum atomic E-state index is 0.850. The van der Waals surface area contributed by atoms with E-state index in [0.29, 0.717) is 0 Å². The summed E-state index contributed by atoms with van der Waals surface area (Å²) in [4.78, 5) is 0. The van der Waals surface area contributed by atoms with Crippen molar-refractivity contribution >= 4 is 10.8 Å². The van der Waals surface area contributed by atoms with E-state index in [0.717, 1.165) is 27.8 Å². The third-order valence-corrected chi connectivity index (χ3v) is 2.76. The van der Waals surface area contributed by atoms with E-state index in [1.807, 2.05) is 24.3 Å². The van der Waals surface area contributed by atoms with E-state index in [1.54, 1.807) is 13.3 Å². The van der Waals surface area contributed by atoms with Crippen LogP contribution in [0.3, 0.4) is 0 Å². The van der Waals surface area contributed by atoms with Crippen LogP contribution in [0.15, 0.2) is 42.6 Å². The van der Waals surface area contributed by atoms with Crippen molar-refractivity contribution in [2.24, 2.45) is 0 Å². The number of hydrogen-bond acceptors (Lipinski definition) is 3. The number of fused-ring (bicyclic) bond motifs is 1. The molecule has 0 unspecified atom stereocenters. The van der Waals surface area contributed by atoms with Gasteiger partial charge in [-0.25, -0.2) is 0 Å². The van der Waals surface area contributed by atoms with Gasteiger partial charge in [0.05, 0.1) is 13.3 Å². The van der Waals surface area contributed by atoms with Gasteiger partial charge < -0.3 is 4.74 Å². The molecule has 0 atom stereocenters. The van der Waals surface area contributed by atoms with Crippen LogP contribution in [-0.4, -0.2) is 22.5 Å². The van der Waals surface area contributed by atoms with Crippen LogP contribution in [0.25, 0.3) is 22.0 Å². The molecule has 3 aromatic rings. The van der Waals surface area contributed by atoms with Crippen LogP contribution in [0, 0.1) is 0 Å². The Balaban J connectivity index is 2.14. The van der Waals surface area contributed by atoms with Gasteiger partial charge in [0.15, 0.2) is 0 Å². The molecule has 17 heavy (non-hydrogen) atoms. The molecule has 1 aromatic heterocycles. The van der Waals surface area contributed by atoms with E-state index in [-0.39, 0.29) is 0 Å². The number of rotatable bonds is 2. The first-order valence-corrected chi connectivity index (χ1v) is 5.31. The van der Waals surface area contributed by atoms with Gasteiger partial charge in [0.2, 0.25) is 0 Å². The molecular formula is C13H11N3O. The number of methoxy groups -OCH3 is 1. The van der Waals surface area contributed by atoms with Gasteiger partial charge in [0.1, 0.15) is 11.4 Å². The molecule has 0 amide bonds. The van der Waals surface area contributed by atoms with Crippen molar-refractivity contribution in [1.82, 2.24) is 15.4 Å². The van der Waals surface area contributed by atoms with Gasteiger partial charge in [-0.1, -0.05) is 18.2 Å². The summed E-state index contributed by atoms with van der Waals surface area (Å²) >= 11 is 0. The number of benzene rings is 2. The number of H-pyrrole nitrogens is 1. The molecule has 0 radical (unpaired) electrons. The fourth-order valence-corrected chi connectivity index (χ4v) is 1.85. The molecule has 1 N–H and O–H groups in total. The number of ether oxygens (including phenoxy) is 1. The topological polar surface area (TPSA) is 50.8 Å². The van der Waals surface area contributed by atoms with Crippen molar-refractivity contribution < 1.29 is 4.74 Å². The summed E-state index contributed by atoms with van der Waals surface area (Å²) in [6.45, 7) is 0. The van der Waals surface area contributed by atoms with Crippen LogP contribution in [-0.2, 0) is 0 Å². The Kier molecular flexibility index (Phi) is 2.26. The zero-order valence-corrected chi connectivity index (χ0v) is 9.34. The summed E-state index contributed by atoms with van der Waals surface area (Å²) in [6.07, 6.45) is 1.71. The average Bonchev–Trinajstić information content (AvgIpc) is 2.91. The lowest BCUT2D eigenvalue weighted by Gasteiger charge is -2.03. The summed E-state index contributed by atoms with van der Waals surface area (Å²) in [5.74, 6) is 0.867. The minimum absolute atomic E-state index is 0.850. The number of hydrogen-bond donors (Lipinski definition) is 1. The van der Waals surface area contributed by atoms with Crippen molar-refractivity contribution in [3.63, 3.8) is 0 Å². The molecule has 84 valence electrons. The second-order valence-electron chi connectivity index (χ2n) is 3.78.